The average Bonchev–Trinajstić information content (AvgIpc) is 1.71. The van der Waals surface area contributed by atoms with Gasteiger partial charge in [0.05, 0.1) is 0 Å². The van der Waals surface area contributed by atoms with Crippen LogP contribution in [0.15, 0.2) is 12.1 Å². The molecule has 1 aromatic rings. The first-order chi connectivity index (χ1) is 53.5. The lowest BCUT2D eigenvalue weighted by molar-refractivity contribution is -0.134. The molecule has 1 aliphatic heterocycles. The van der Waals surface area contributed by atoms with Crippen LogP contribution in [0.25, 0.3) is 0 Å². The third kappa shape index (κ3) is 79.2. The number of piperidine rings is 1. The Kier molecular flexibility index (Phi) is 68.0. The lowest BCUT2D eigenvalue weighted by Crippen LogP contribution is -2.42. The van der Waals surface area contributed by atoms with Gasteiger partial charge in [0, 0.05) is 480 Å². The fourth-order valence-corrected chi connectivity index (χ4v) is 11.0. The first-order valence-electron chi connectivity index (χ1n) is 27.9. The molecule has 0 saturated carbocycles. The molecule has 486 valence electrons. The summed E-state index contributed by atoms with van der Waals surface area (Å²) in [6.45, 7) is 3.99. The monoisotopic (exact) mass is 1500 g/mol. The SMILES string of the molecule is C#CC#CC#CC#CC#CC#CC#CC#CC#CC#CC#CC#CC#CC#CC#CC#CC#CC#CC#CC#CC#CC#CC#CC#CC#CC#CC#CC#CC#CC#CC#CC#CC#CC#CC#CC#CC#CC#CC#CC#CC#C.C[C@@H]1CC(=O)C[C@H](C)N1.OCCc1ccc(C(F)(F)F)s1.S=S=S=S=S=S. The number of thiophene rings is 1. The molecule has 1 saturated heterocycles. The molecule has 1 aliphatic rings. The largest absolute Gasteiger partial charge is 0.425 e. The number of rotatable bonds is 2. The maximum atomic E-state index is 12.0. The molecule has 0 radical (unpaired) electrons. The summed E-state index contributed by atoms with van der Waals surface area (Å²) in [5.41, 5.74) is 0. The molecule has 3 nitrogen and oxygen atoms in total. The number of Topliss-reactive ketones (excluding diaryl/α,β-unsaturated/α-hetero) is 1. The number of aliphatic hydroxyl groups is 1. The van der Waals surface area contributed by atoms with E-state index < -0.39 is 11.1 Å². The second-order valence-corrected chi connectivity index (χ2v) is 23.7. The van der Waals surface area contributed by atoms with Crippen LogP contribution in [0.1, 0.15) is 36.4 Å². The van der Waals surface area contributed by atoms with Gasteiger partial charge in [0.2, 0.25) is 0 Å². The van der Waals surface area contributed by atoms with Crippen LogP contribution in [0, 0.1) is 486 Å². The maximum absolute atomic E-state index is 12.0. The molecule has 1 fully saturated rings. The van der Waals surface area contributed by atoms with Crippen LogP contribution in [0.5, 0.6) is 0 Å². The van der Waals surface area contributed by atoms with Gasteiger partial charge in [-0.3, -0.25) is 4.79 Å². The second-order valence-electron chi connectivity index (χ2n) is 15.5. The predicted octanol–water partition coefficient (Wildman–Crippen LogP) is 3.39. The number of ketones is 1. The summed E-state index contributed by atoms with van der Waals surface area (Å²) in [5, 5.41) is 11.7. The molecule has 13 heteroatoms. The zero-order chi connectivity index (χ0) is 79.4. The van der Waals surface area contributed by atoms with Crippen molar-refractivity contribution < 1.29 is 23.1 Å². The smallest absolute Gasteiger partial charge is 0.396 e. The molecule has 0 amide bonds. The molecule has 0 aliphatic carbocycles. The van der Waals surface area contributed by atoms with E-state index in [1.165, 1.54) is 41.6 Å². The van der Waals surface area contributed by atoms with Crippen LogP contribution in [-0.2, 0) is 75.3 Å². The number of carbonyl (C=O) groups is 1. The Labute approximate surface area is 664 Å². The summed E-state index contributed by atoms with van der Waals surface area (Å²) in [7, 11) is 5.63. The molecule has 0 unspecified atom stereocenters. The van der Waals surface area contributed by atoms with Crippen molar-refractivity contribution in [3.63, 3.8) is 0 Å². The van der Waals surface area contributed by atoms with E-state index in [9.17, 15) is 18.0 Å². The first kappa shape index (κ1) is 93.4. The fourth-order valence-electron chi connectivity index (χ4n) is 4.61. The van der Waals surface area contributed by atoms with Crippen LogP contribution >= 0.6 is 11.3 Å². The number of terminal acetylenes is 2. The van der Waals surface area contributed by atoms with E-state index in [-0.39, 0.29) is 6.61 Å². The third-order valence-corrected chi connectivity index (χ3v) is 15.8. The zero-order valence-corrected chi connectivity index (χ0v) is 61.4. The Hall–Kier alpha value is -17.6. The molecule has 109 heavy (non-hydrogen) atoms. The van der Waals surface area contributed by atoms with Crippen LogP contribution in [0.3, 0.4) is 0 Å². The Bertz CT molecular complexity index is 6500. The average molecular weight is 1500 g/mol. The summed E-state index contributed by atoms with van der Waals surface area (Å²) in [6.07, 6.45) is 7.36. The molecular weight excluding hydrogens is 1480 g/mol. The normalized spacial score (nSPS) is 7.65. The van der Waals surface area contributed by atoms with E-state index in [2.05, 4.69) is 501 Å². The van der Waals surface area contributed by atoms with E-state index in [1.807, 2.05) is 13.8 Å². The van der Waals surface area contributed by atoms with Gasteiger partial charge in [-0.25, -0.2) is 0 Å². The number of halogens is 3. The minimum absolute atomic E-state index is 0.113. The third-order valence-electron chi connectivity index (χ3n) is 7.98. The summed E-state index contributed by atoms with van der Waals surface area (Å²) >= 11 is 9.71. The van der Waals surface area contributed by atoms with E-state index in [4.69, 9.17) is 18.0 Å². The van der Waals surface area contributed by atoms with Crippen LogP contribution in [0.2, 0.25) is 0 Å². The Morgan fingerprint density at radius 1 is 0.339 bits per heavy atom. The van der Waals surface area contributed by atoms with Crippen molar-refractivity contribution in [2.45, 2.75) is 51.4 Å². The molecule has 1 aromatic heterocycles. The van der Waals surface area contributed by atoms with Gasteiger partial charge in [-0.15, -0.1) is 24.2 Å². The second kappa shape index (κ2) is 79.3. The maximum Gasteiger partial charge on any atom is 0.425 e. The summed E-state index contributed by atoms with van der Waals surface area (Å²) < 4.78 is 36.0. The predicted molar refractivity (Wildman–Crippen MR) is 442 cm³/mol. The van der Waals surface area contributed by atoms with Crippen molar-refractivity contribution in [2.24, 2.45) is 0 Å². The number of aliphatic hydroxyl groups excluding tert-OH is 1. The molecule has 0 bridgehead atoms. The van der Waals surface area contributed by atoms with Crippen LogP contribution < -0.4 is 5.32 Å². The van der Waals surface area contributed by atoms with Crippen LogP contribution in [-0.4, -0.2) is 29.6 Å². The van der Waals surface area contributed by atoms with E-state index in [0.717, 1.165) is 6.07 Å². The van der Waals surface area contributed by atoms with Gasteiger partial charge in [-0.2, -0.15) is 13.2 Å². The Morgan fingerprint density at radius 3 is 0.606 bits per heavy atom. The zero-order valence-electron chi connectivity index (χ0n) is 55.6. The van der Waals surface area contributed by atoms with Crippen molar-refractivity contribution in [1.82, 2.24) is 5.32 Å². The molecule has 2 atom stereocenters. The number of alkyl halides is 3. The minimum Gasteiger partial charge on any atom is -0.396 e. The highest BCUT2D eigenvalue weighted by Gasteiger charge is 2.32. The van der Waals surface area contributed by atoms with Gasteiger partial charge in [-0.05, 0) is 121 Å². The Morgan fingerprint density at radius 2 is 0.495 bits per heavy atom. The number of hydrogen-bond donors (Lipinski definition) is 2. The molecular formula is C96H22F3NO2S7. The number of nitrogens with one attached hydrogen (secondary N) is 1. The van der Waals surface area contributed by atoms with Crippen molar-refractivity contribution in [3.8, 4) is 486 Å². The van der Waals surface area contributed by atoms with Crippen molar-refractivity contribution in [2.75, 3.05) is 6.61 Å². The highest BCUT2D eigenvalue weighted by atomic mass is 33.3. The van der Waals surface area contributed by atoms with Crippen molar-refractivity contribution >= 4 is 75.0 Å². The molecule has 0 spiro atoms. The summed E-state index contributed by atoms with van der Waals surface area (Å²) in [6, 6.07) is 3.21. The number of hydrogen-bond acceptors (Lipinski definition) is 6. The lowest BCUT2D eigenvalue weighted by Gasteiger charge is -2.24. The molecule has 0 aromatic carbocycles. The van der Waals surface area contributed by atoms with Gasteiger partial charge in [-0.1, -0.05) is 0 Å². The van der Waals surface area contributed by atoms with Gasteiger partial charge in [0.1, 0.15) is 10.7 Å². The van der Waals surface area contributed by atoms with Gasteiger partial charge in [0.25, 0.3) is 0 Å². The lowest BCUT2D eigenvalue weighted by atomic mass is 10.00. The topological polar surface area (TPSA) is 49.3 Å². The highest BCUT2D eigenvalue weighted by molar-refractivity contribution is 8.64. The van der Waals surface area contributed by atoms with E-state index in [1.54, 1.807) is 0 Å². The van der Waals surface area contributed by atoms with Crippen LogP contribution in [0.4, 0.5) is 13.2 Å². The van der Waals surface area contributed by atoms with Gasteiger partial charge < -0.3 is 10.4 Å². The Balaban J connectivity index is 0. The quantitative estimate of drug-likeness (QED) is 0.446. The molecule has 2 heterocycles. The van der Waals surface area contributed by atoms with Crippen molar-refractivity contribution in [1.29, 1.82) is 0 Å². The van der Waals surface area contributed by atoms with Gasteiger partial charge >= 0.3 is 6.18 Å². The van der Waals surface area contributed by atoms with E-state index >= 15 is 0 Å². The number of carbonyl (C=O) groups excluding carboxylic acids is 1. The summed E-state index contributed by atoms with van der Waals surface area (Å²) in [5.74, 6) is 198. The molecule has 2 rings (SSSR count). The fraction of sp³-hybridized carbons (Fsp3) is 0.0938. The van der Waals surface area contributed by atoms with E-state index in [0.29, 0.717) is 53.3 Å². The first-order valence-corrected chi connectivity index (χ1v) is 35.4. The minimum atomic E-state index is -4.25. The summed E-state index contributed by atoms with van der Waals surface area (Å²) in [4.78, 5) is 10.8. The standard InChI is InChI=1S/C82H2.C7H7F3OS.C7H13NO.S6/c1-3-5-7-9-11-13-15-17-19-21-23-25-27-29-31-33-35-37-39-41-43-45-47-49-51-53-55-57-59-61-63-65-67-69-71-73-75-77-79-81-82-80-78-76-74-72-70-68-66-64-62-60-58-56-54-52-50-48-46-44-42-40-38-36-34-32-30-28-26-24-22-20-18-16-14-12-10-8-6-4-2;8-7(9,10)6-2-1-5(12-6)3-4-11;1-5-3-7(9)4-6(2)8-5;1-3-5-6-4-2/h1-2H;1-2,11H,3-4H2;5-6,8H,3-4H2,1-2H3;/t;;5-,6+;. The molecule has 2 N–H and O–H groups in total. The highest BCUT2D eigenvalue weighted by Crippen LogP contribution is 2.34. The van der Waals surface area contributed by atoms with Gasteiger partial charge in [0.15, 0.2) is 0 Å². The van der Waals surface area contributed by atoms with Crippen molar-refractivity contribution in [3.05, 3.63) is 21.9 Å².